The van der Waals surface area contributed by atoms with Gasteiger partial charge in [0.2, 0.25) is 0 Å². The van der Waals surface area contributed by atoms with Crippen molar-refractivity contribution in [2.75, 3.05) is 7.11 Å². The van der Waals surface area contributed by atoms with Crippen molar-refractivity contribution in [1.29, 1.82) is 5.26 Å². The van der Waals surface area contributed by atoms with Gasteiger partial charge in [-0.25, -0.2) is 14.8 Å². The Morgan fingerprint density at radius 1 is 1.20 bits per heavy atom. The molecule has 5 rings (SSSR count). The van der Waals surface area contributed by atoms with E-state index in [0.717, 1.165) is 47.7 Å². The van der Waals surface area contributed by atoms with Crippen LogP contribution in [0.2, 0.25) is 0 Å². The van der Waals surface area contributed by atoms with E-state index in [-0.39, 0.29) is 31.1 Å². The fourth-order valence-electron chi connectivity index (χ4n) is 4.78. The molecular formula is C26H24N4O4S. The van der Waals surface area contributed by atoms with Gasteiger partial charge in [-0.3, -0.25) is 9.36 Å². The minimum Gasteiger partial charge on any atom is -0.454 e. The van der Waals surface area contributed by atoms with Gasteiger partial charge in [-0.1, -0.05) is 18.2 Å². The van der Waals surface area contributed by atoms with E-state index < -0.39 is 5.97 Å². The van der Waals surface area contributed by atoms with Crippen LogP contribution in [0.1, 0.15) is 50.7 Å². The molecule has 4 aromatic rings. The van der Waals surface area contributed by atoms with Gasteiger partial charge in [0.25, 0.3) is 5.56 Å². The molecular weight excluding hydrogens is 464 g/mol. The van der Waals surface area contributed by atoms with Gasteiger partial charge in [-0.2, -0.15) is 5.26 Å². The second kappa shape index (κ2) is 9.56. The zero-order valence-corrected chi connectivity index (χ0v) is 20.4. The standard InChI is InChI=1S/C26H24N4O4S/c1-15-16-7-3-5-9-18(16)28-19(13-33-2)22(15)26(32)34-14-21-29-24-23(25(31)30(21)12-11-27)17-8-4-6-10-20(17)35-24/h3,5,7,9H,4,6,8,10,12-14H2,1-2H3. The zero-order valence-electron chi connectivity index (χ0n) is 19.6. The van der Waals surface area contributed by atoms with Crippen molar-refractivity contribution in [1.82, 2.24) is 14.5 Å². The second-order valence-electron chi connectivity index (χ2n) is 8.55. The Labute approximate surface area is 205 Å². The van der Waals surface area contributed by atoms with Crippen molar-refractivity contribution >= 4 is 38.4 Å². The van der Waals surface area contributed by atoms with Crippen LogP contribution in [0.25, 0.3) is 21.1 Å². The third kappa shape index (κ3) is 4.09. The number of hydrogen-bond donors (Lipinski definition) is 0. The molecule has 9 heteroatoms. The average molecular weight is 489 g/mol. The van der Waals surface area contributed by atoms with Crippen LogP contribution in [0.4, 0.5) is 0 Å². The number of carbonyl (C=O) groups is 1. The maximum atomic E-state index is 13.3. The lowest BCUT2D eigenvalue weighted by molar-refractivity contribution is 0.0451. The topological polar surface area (TPSA) is 107 Å². The van der Waals surface area contributed by atoms with Crippen LogP contribution in [0.15, 0.2) is 29.1 Å². The van der Waals surface area contributed by atoms with Crippen molar-refractivity contribution in [3.05, 3.63) is 67.7 Å². The molecule has 0 atom stereocenters. The summed E-state index contributed by atoms with van der Waals surface area (Å²) in [6.45, 7) is 1.61. The monoisotopic (exact) mass is 488 g/mol. The molecule has 178 valence electrons. The quantitative estimate of drug-likeness (QED) is 0.374. The van der Waals surface area contributed by atoms with Gasteiger partial charge in [0.15, 0.2) is 5.82 Å². The Balaban J connectivity index is 1.53. The number of benzene rings is 1. The highest BCUT2D eigenvalue weighted by Gasteiger charge is 2.24. The number of aromatic nitrogens is 3. The molecule has 0 unspecified atom stereocenters. The highest BCUT2D eigenvalue weighted by Crippen LogP contribution is 2.34. The molecule has 1 aromatic carbocycles. The molecule has 0 radical (unpaired) electrons. The lowest BCUT2D eigenvalue weighted by Crippen LogP contribution is -2.26. The van der Waals surface area contributed by atoms with Crippen LogP contribution in [0.5, 0.6) is 0 Å². The molecule has 0 aliphatic heterocycles. The molecule has 0 spiro atoms. The van der Waals surface area contributed by atoms with Crippen molar-refractivity contribution in [2.24, 2.45) is 0 Å². The average Bonchev–Trinajstić information content (AvgIpc) is 3.23. The number of nitrogens with zero attached hydrogens (tertiary/aromatic N) is 4. The maximum absolute atomic E-state index is 13.3. The summed E-state index contributed by atoms with van der Waals surface area (Å²) >= 11 is 1.52. The molecule has 0 fully saturated rings. The fourth-order valence-corrected chi connectivity index (χ4v) is 6.05. The number of hydrogen-bond acceptors (Lipinski definition) is 8. The molecule has 1 aliphatic carbocycles. The van der Waals surface area contributed by atoms with E-state index in [1.807, 2.05) is 37.3 Å². The van der Waals surface area contributed by atoms with Crippen LogP contribution in [-0.4, -0.2) is 27.6 Å². The number of para-hydroxylation sites is 1. The molecule has 0 bridgehead atoms. The molecule has 8 nitrogen and oxygen atoms in total. The summed E-state index contributed by atoms with van der Waals surface area (Å²) < 4.78 is 12.3. The Bertz CT molecular complexity index is 1560. The number of fused-ring (bicyclic) bond motifs is 4. The van der Waals surface area contributed by atoms with Crippen LogP contribution in [0.3, 0.4) is 0 Å². The first-order chi connectivity index (χ1) is 17.0. The summed E-state index contributed by atoms with van der Waals surface area (Å²) in [4.78, 5) is 37.7. The van der Waals surface area contributed by atoms with Crippen molar-refractivity contribution in [2.45, 2.75) is 52.4 Å². The molecule has 0 saturated carbocycles. The van der Waals surface area contributed by atoms with Gasteiger partial charge in [-0.15, -0.1) is 11.3 Å². The first-order valence-electron chi connectivity index (χ1n) is 11.5. The molecule has 0 N–H and O–H groups in total. The highest BCUT2D eigenvalue weighted by molar-refractivity contribution is 7.18. The number of methoxy groups -OCH3 is 1. The lowest BCUT2D eigenvalue weighted by atomic mass is 9.97. The fraction of sp³-hybridized carbons (Fsp3) is 0.346. The van der Waals surface area contributed by atoms with E-state index in [1.165, 1.54) is 20.8 Å². The smallest absolute Gasteiger partial charge is 0.340 e. The molecule has 3 aromatic heterocycles. The third-order valence-electron chi connectivity index (χ3n) is 6.43. The van der Waals surface area contributed by atoms with E-state index >= 15 is 0 Å². The van der Waals surface area contributed by atoms with Crippen molar-refractivity contribution in [3.63, 3.8) is 0 Å². The van der Waals surface area contributed by atoms with Crippen LogP contribution in [0, 0.1) is 18.3 Å². The van der Waals surface area contributed by atoms with Crippen molar-refractivity contribution < 1.29 is 14.3 Å². The summed E-state index contributed by atoms with van der Waals surface area (Å²) in [6.07, 6.45) is 3.93. The predicted octanol–water partition coefficient (Wildman–Crippen LogP) is 4.22. The van der Waals surface area contributed by atoms with Crippen LogP contribution >= 0.6 is 11.3 Å². The van der Waals surface area contributed by atoms with Gasteiger partial charge in [0, 0.05) is 17.4 Å². The summed E-state index contributed by atoms with van der Waals surface area (Å²) in [5.41, 5.74) is 3.16. The summed E-state index contributed by atoms with van der Waals surface area (Å²) in [5.74, 6) is -0.313. The number of thiophene rings is 1. The minimum atomic E-state index is -0.573. The summed E-state index contributed by atoms with van der Waals surface area (Å²) in [7, 11) is 1.54. The summed E-state index contributed by atoms with van der Waals surface area (Å²) in [6, 6.07) is 9.61. The largest absolute Gasteiger partial charge is 0.454 e. The number of ether oxygens (including phenoxy) is 2. The lowest BCUT2D eigenvalue weighted by Gasteiger charge is -2.15. The van der Waals surface area contributed by atoms with E-state index in [9.17, 15) is 14.9 Å². The molecule has 0 saturated heterocycles. The van der Waals surface area contributed by atoms with E-state index in [0.29, 0.717) is 21.5 Å². The normalized spacial score (nSPS) is 13.1. The van der Waals surface area contributed by atoms with E-state index in [4.69, 9.17) is 9.47 Å². The Morgan fingerprint density at radius 3 is 2.80 bits per heavy atom. The first-order valence-corrected chi connectivity index (χ1v) is 12.3. The zero-order chi connectivity index (χ0) is 24.5. The van der Waals surface area contributed by atoms with Gasteiger partial charge >= 0.3 is 5.97 Å². The Kier molecular flexibility index (Phi) is 6.32. The van der Waals surface area contributed by atoms with Gasteiger partial charge in [-0.05, 0) is 49.8 Å². The van der Waals surface area contributed by atoms with Crippen molar-refractivity contribution in [3.8, 4) is 6.07 Å². The van der Waals surface area contributed by atoms with Crippen LogP contribution in [-0.2, 0) is 42.1 Å². The van der Waals surface area contributed by atoms with E-state index in [2.05, 4.69) is 9.97 Å². The Morgan fingerprint density at radius 2 is 2.00 bits per heavy atom. The predicted molar refractivity (Wildman–Crippen MR) is 132 cm³/mol. The Hall–Kier alpha value is -3.61. The SMILES string of the molecule is COCc1nc2ccccc2c(C)c1C(=O)OCc1nc2sc3c(c2c(=O)n1CC#N)CCCC3. The van der Waals surface area contributed by atoms with Gasteiger partial charge in [0.05, 0.1) is 34.8 Å². The molecule has 35 heavy (non-hydrogen) atoms. The third-order valence-corrected chi connectivity index (χ3v) is 7.61. The number of rotatable bonds is 6. The molecule has 0 amide bonds. The number of aryl methyl sites for hydroxylation is 3. The number of carbonyl (C=O) groups excluding carboxylic acids is 1. The van der Waals surface area contributed by atoms with Gasteiger partial charge < -0.3 is 9.47 Å². The second-order valence-corrected chi connectivity index (χ2v) is 9.64. The molecule has 1 aliphatic rings. The summed E-state index contributed by atoms with van der Waals surface area (Å²) in [5, 5.41) is 10.8. The first kappa shape index (κ1) is 23.1. The van der Waals surface area contributed by atoms with Gasteiger partial charge in [0.1, 0.15) is 18.0 Å². The minimum absolute atomic E-state index is 0.153. The highest BCUT2D eigenvalue weighted by atomic mass is 32.1. The number of esters is 1. The molecule has 3 heterocycles. The maximum Gasteiger partial charge on any atom is 0.340 e. The van der Waals surface area contributed by atoms with Crippen LogP contribution < -0.4 is 5.56 Å². The number of pyridine rings is 1. The number of nitriles is 1. The van der Waals surface area contributed by atoms with E-state index in [1.54, 1.807) is 7.11 Å².